The lowest BCUT2D eigenvalue weighted by molar-refractivity contribution is 0.388. The minimum atomic E-state index is -0.723. The highest BCUT2D eigenvalue weighted by atomic mass is 35.5. The molecular weight excluding hydrogens is 486 g/mol. The number of halogens is 1. The van der Waals surface area contributed by atoms with Gasteiger partial charge in [0.2, 0.25) is 11.4 Å². The van der Waals surface area contributed by atoms with Crippen LogP contribution in [0.4, 0.5) is 5.69 Å². The lowest BCUT2D eigenvalue weighted by Crippen LogP contribution is -2.14. The van der Waals surface area contributed by atoms with Crippen LogP contribution in [0.2, 0.25) is 5.15 Å². The highest BCUT2D eigenvalue weighted by molar-refractivity contribution is 6.29. The van der Waals surface area contributed by atoms with Crippen LogP contribution >= 0.6 is 11.6 Å². The summed E-state index contributed by atoms with van der Waals surface area (Å²) in [5, 5.41) is 7.68. The molecule has 0 aliphatic rings. The Kier molecular flexibility index (Phi) is 5.81. The quantitative estimate of drug-likeness (QED) is 0.299. The Morgan fingerprint density at radius 2 is 1.86 bits per heavy atom. The van der Waals surface area contributed by atoms with Gasteiger partial charge in [0.15, 0.2) is 11.2 Å². The standard InChI is InChI=1S/C25H20ClN5O5/c1-11-9-14(13(3)27-16-7-8-18(26)29-20(16)24-30-25(34)36-31-24)23-15(10-11)21(33)12(2)22(35-23)17-5-4-6-19(32)28-17/h4-10,13,27H,1-3H3,(H,28,32)(H,30,31,34). The number of aryl methyl sites for hydroxylation is 1. The maximum atomic E-state index is 13.3. The van der Waals surface area contributed by atoms with Gasteiger partial charge in [0.1, 0.15) is 16.4 Å². The first-order valence-corrected chi connectivity index (χ1v) is 11.4. The number of benzene rings is 1. The predicted molar refractivity (Wildman–Crippen MR) is 135 cm³/mol. The summed E-state index contributed by atoms with van der Waals surface area (Å²) in [5.41, 5.74) is 3.07. The van der Waals surface area contributed by atoms with Crippen molar-refractivity contribution in [3.63, 3.8) is 0 Å². The topological polar surface area (TPSA) is 147 Å². The molecule has 3 N–H and O–H groups in total. The summed E-state index contributed by atoms with van der Waals surface area (Å²) < 4.78 is 10.9. The number of nitrogens with one attached hydrogen (secondary N) is 3. The second kappa shape index (κ2) is 8.97. The number of nitrogens with zero attached hydrogens (tertiary/aromatic N) is 2. The molecule has 10 nitrogen and oxygen atoms in total. The Bertz CT molecular complexity index is 1800. The fourth-order valence-corrected chi connectivity index (χ4v) is 4.25. The van der Waals surface area contributed by atoms with Gasteiger partial charge >= 0.3 is 5.76 Å². The number of aromatic nitrogens is 4. The molecule has 182 valence electrons. The molecule has 0 fully saturated rings. The third kappa shape index (κ3) is 4.22. The van der Waals surface area contributed by atoms with E-state index < -0.39 is 5.76 Å². The molecule has 4 heterocycles. The molecule has 36 heavy (non-hydrogen) atoms. The van der Waals surface area contributed by atoms with Crippen molar-refractivity contribution in [2.45, 2.75) is 26.8 Å². The number of anilines is 1. The van der Waals surface area contributed by atoms with Crippen molar-refractivity contribution in [1.29, 1.82) is 0 Å². The van der Waals surface area contributed by atoms with E-state index in [0.717, 1.165) is 5.56 Å². The van der Waals surface area contributed by atoms with Gasteiger partial charge in [0.25, 0.3) is 0 Å². The number of aromatic amines is 2. The normalized spacial score (nSPS) is 12.1. The molecule has 1 aromatic carbocycles. The first-order chi connectivity index (χ1) is 17.2. The average molecular weight is 506 g/mol. The number of rotatable bonds is 5. The predicted octanol–water partition coefficient (Wildman–Crippen LogP) is 4.33. The van der Waals surface area contributed by atoms with Crippen LogP contribution in [0.15, 0.2) is 65.8 Å². The first kappa shape index (κ1) is 23.3. The Labute approximate surface area is 208 Å². The van der Waals surface area contributed by atoms with Gasteiger partial charge in [-0.15, -0.1) is 0 Å². The lowest BCUT2D eigenvalue weighted by atomic mass is 9.99. The fraction of sp³-hybridized carbons (Fsp3) is 0.160. The van der Waals surface area contributed by atoms with Crippen molar-refractivity contribution in [2.24, 2.45) is 0 Å². The lowest BCUT2D eigenvalue weighted by Gasteiger charge is -2.20. The average Bonchev–Trinajstić information content (AvgIpc) is 3.28. The molecular formula is C25H20ClN5O5. The maximum absolute atomic E-state index is 13.3. The third-order valence-electron chi connectivity index (χ3n) is 5.77. The zero-order valence-electron chi connectivity index (χ0n) is 19.4. The zero-order valence-corrected chi connectivity index (χ0v) is 20.2. The molecule has 0 aliphatic heterocycles. The van der Waals surface area contributed by atoms with Crippen molar-refractivity contribution in [3.8, 4) is 23.0 Å². The van der Waals surface area contributed by atoms with E-state index in [1.54, 1.807) is 37.3 Å². The smallest absolute Gasteiger partial charge is 0.439 e. The summed E-state index contributed by atoms with van der Waals surface area (Å²) in [7, 11) is 0. The van der Waals surface area contributed by atoms with Crippen LogP contribution < -0.4 is 22.1 Å². The highest BCUT2D eigenvalue weighted by Crippen LogP contribution is 2.33. The molecule has 0 spiro atoms. The molecule has 0 amide bonds. The van der Waals surface area contributed by atoms with Crippen LogP contribution in [-0.2, 0) is 0 Å². The molecule has 0 aliphatic carbocycles. The van der Waals surface area contributed by atoms with E-state index in [2.05, 4.69) is 29.9 Å². The van der Waals surface area contributed by atoms with E-state index >= 15 is 0 Å². The molecule has 4 aromatic heterocycles. The van der Waals surface area contributed by atoms with E-state index in [1.807, 2.05) is 19.9 Å². The van der Waals surface area contributed by atoms with Crippen LogP contribution in [0.3, 0.4) is 0 Å². The maximum Gasteiger partial charge on any atom is 0.439 e. The summed E-state index contributed by atoms with van der Waals surface area (Å²) in [6.07, 6.45) is 0. The Morgan fingerprint density at radius 3 is 2.58 bits per heavy atom. The number of hydrogen-bond donors (Lipinski definition) is 3. The molecule has 0 saturated heterocycles. The van der Waals surface area contributed by atoms with E-state index in [0.29, 0.717) is 33.5 Å². The summed E-state index contributed by atoms with van der Waals surface area (Å²) in [5.74, 6) is -0.320. The number of hydrogen-bond acceptors (Lipinski definition) is 8. The van der Waals surface area contributed by atoms with Crippen molar-refractivity contribution >= 4 is 28.3 Å². The minimum absolute atomic E-state index is 0.115. The summed E-state index contributed by atoms with van der Waals surface area (Å²) >= 11 is 6.08. The van der Waals surface area contributed by atoms with E-state index in [-0.39, 0.29) is 39.5 Å². The molecule has 5 aromatic rings. The fourth-order valence-electron chi connectivity index (χ4n) is 4.10. The van der Waals surface area contributed by atoms with Crippen LogP contribution in [0.1, 0.15) is 29.7 Å². The Morgan fingerprint density at radius 1 is 1.06 bits per heavy atom. The minimum Gasteiger partial charge on any atom is -0.454 e. The molecule has 11 heteroatoms. The summed E-state index contributed by atoms with van der Waals surface area (Å²) in [6, 6.07) is 11.3. The number of fused-ring (bicyclic) bond motifs is 1. The molecule has 1 unspecified atom stereocenters. The van der Waals surface area contributed by atoms with Gasteiger partial charge in [0, 0.05) is 17.2 Å². The zero-order chi connectivity index (χ0) is 25.6. The SMILES string of the molecule is Cc1cc(C(C)Nc2ccc(Cl)nc2-c2noc(=O)[nH]2)c2oc(-c3cccc(=O)[nH]3)c(C)c(=O)c2c1. The van der Waals surface area contributed by atoms with Crippen molar-refractivity contribution in [3.05, 3.63) is 95.4 Å². The summed E-state index contributed by atoms with van der Waals surface area (Å²) in [4.78, 5) is 46.2. The third-order valence-corrected chi connectivity index (χ3v) is 5.98. The van der Waals surface area contributed by atoms with Gasteiger partial charge in [-0.05, 0) is 50.6 Å². The van der Waals surface area contributed by atoms with E-state index in [1.165, 1.54) is 6.07 Å². The van der Waals surface area contributed by atoms with E-state index in [4.69, 9.17) is 16.0 Å². The van der Waals surface area contributed by atoms with Gasteiger partial charge in [-0.3, -0.25) is 19.1 Å². The van der Waals surface area contributed by atoms with E-state index in [9.17, 15) is 14.4 Å². The van der Waals surface area contributed by atoms with Crippen molar-refractivity contribution in [1.82, 2.24) is 20.1 Å². The van der Waals surface area contributed by atoms with Gasteiger partial charge < -0.3 is 14.7 Å². The van der Waals surface area contributed by atoms with Crippen LogP contribution in [0, 0.1) is 13.8 Å². The van der Waals surface area contributed by atoms with Crippen LogP contribution in [0.25, 0.3) is 33.9 Å². The first-order valence-electron chi connectivity index (χ1n) is 11.0. The van der Waals surface area contributed by atoms with Crippen LogP contribution in [0.5, 0.6) is 0 Å². The second-order valence-electron chi connectivity index (χ2n) is 8.38. The highest BCUT2D eigenvalue weighted by Gasteiger charge is 2.21. The monoisotopic (exact) mass is 505 g/mol. The Balaban J connectivity index is 1.66. The van der Waals surface area contributed by atoms with Crippen molar-refractivity contribution in [2.75, 3.05) is 5.32 Å². The molecule has 0 saturated carbocycles. The Hall–Kier alpha value is -4.44. The second-order valence-corrected chi connectivity index (χ2v) is 8.77. The van der Waals surface area contributed by atoms with Crippen LogP contribution in [-0.4, -0.2) is 20.1 Å². The van der Waals surface area contributed by atoms with Gasteiger partial charge in [-0.1, -0.05) is 28.9 Å². The number of pyridine rings is 2. The van der Waals surface area contributed by atoms with Gasteiger partial charge in [-0.25, -0.2) is 9.78 Å². The molecule has 0 radical (unpaired) electrons. The van der Waals surface area contributed by atoms with Gasteiger partial charge in [0.05, 0.1) is 22.8 Å². The largest absolute Gasteiger partial charge is 0.454 e. The summed E-state index contributed by atoms with van der Waals surface area (Å²) in [6.45, 7) is 5.45. The van der Waals surface area contributed by atoms with Crippen molar-refractivity contribution < 1.29 is 8.94 Å². The molecule has 0 bridgehead atoms. The van der Waals surface area contributed by atoms with Gasteiger partial charge in [-0.2, -0.15) is 0 Å². The number of H-pyrrole nitrogens is 2. The molecule has 5 rings (SSSR count). The molecule has 1 atom stereocenters.